The number of allylic oxidation sites excluding steroid dienone is 1. The second-order valence-corrected chi connectivity index (χ2v) is 7.82. The van der Waals surface area contributed by atoms with E-state index in [0.29, 0.717) is 6.61 Å². The summed E-state index contributed by atoms with van der Waals surface area (Å²) in [7, 11) is 0. The first-order valence-corrected chi connectivity index (χ1v) is 10.6. The largest absolute Gasteiger partial charge is 0.350 e. The van der Waals surface area contributed by atoms with E-state index in [2.05, 4.69) is 23.0 Å². The van der Waals surface area contributed by atoms with Crippen LogP contribution in [0.1, 0.15) is 97.8 Å². The molecule has 0 saturated carbocycles. The van der Waals surface area contributed by atoms with Crippen LogP contribution in [0.5, 0.6) is 0 Å². The number of rotatable bonds is 14. The van der Waals surface area contributed by atoms with E-state index in [0.717, 1.165) is 6.42 Å². The van der Waals surface area contributed by atoms with Crippen LogP contribution in [0, 0.1) is 0 Å². The summed E-state index contributed by atoms with van der Waals surface area (Å²) in [5, 5.41) is 3.79. The summed E-state index contributed by atoms with van der Waals surface area (Å²) in [5.74, 6) is -0.618. The lowest BCUT2D eigenvalue weighted by atomic mass is 10.0. The van der Waals surface area contributed by atoms with Gasteiger partial charge in [-0.25, -0.2) is 0 Å². The molecule has 2 unspecified atom stereocenters. The van der Waals surface area contributed by atoms with Crippen LogP contribution < -0.4 is 0 Å². The fourth-order valence-electron chi connectivity index (χ4n) is 3.31. The van der Waals surface area contributed by atoms with Gasteiger partial charge in [0.05, 0.1) is 18.8 Å². The van der Waals surface area contributed by atoms with Crippen LogP contribution in [0.4, 0.5) is 0 Å². The molecule has 26 heavy (non-hydrogen) atoms. The van der Waals surface area contributed by atoms with Crippen molar-refractivity contribution in [1.29, 1.82) is 0 Å². The second kappa shape index (κ2) is 14.1. The van der Waals surface area contributed by atoms with Gasteiger partial charge in [-0.2, -0.15) is 0 Å². The number of ether oxygens (including phenoxy) is 2. The van der Waals surface area contributed by atoms with E-state index in [-0.39, 0.29) is 12.1 Å². The van der Waals surface area contributed by atoms with Crippen molar-refractivity contribution in [1.82, 2.24) is 0 Å². The molecule has 1 fully saturated rings. The molecule has 1 aliphatic heterocycles. The van der Waals surface area contributed by atoms with Crippen LogP contribution in [0.25, 0.3) is 10.4 Å². The summed E-state index contributed by atoms with van der Waals surface area (Å²) >= 11 is 0. The predicted molar refractivity (Wildman–Crippen MR) is 108 cm³/mol. The van der Waals surface area contributed by atoms with E-state index in [1.807, 2.05) is 19.9 Å². The number of hydrogen-bond donors (Lipinski definition) is 0. The Bertz CT molecular complexity index is 431. The molecule has 2 atom stereocenters. The molecule has 0 aromatic heterocycles. The van der Waals surface area contributed by atoms with E-state index in [1.54, 1.807) is 0 Å². The number of unbranched alkanes of at least 4 members (excludes halogenated alkanes) is 11. The van der Waals surface area contributed by atoms with Crippen LogP contribution >= 0.6 is 0 Å². The summed E-state index contributed by atoms with van der Waals surface area (Å²) in [5.41, 5.74) is 8.67. The molecule has 0 aromatic rings. The number of hydrogen-bond acceptors (Lipinski definition) is 3. The van der Waals surface area contributed by atoms with Crippen molar-refractivity contribution in [2.45, 2.75) is 116 Å². The molecule has 5 nitrogen and oxygen atoms in total. The van der Waals surface area contributed by atoms with Crippen LogP contribution in [0.15, 0.2) is 17.3 Å². The number of nitrogens with zero attached hydrogens (tertiary/aromatic N) is 3. The predicted octanol–water partition coefficient (Wildman–Crippen LogP) is 7.07. The average Bonchev–Trinajstić information content (AvgIpc) is 2.61. The molecular weight excluding hydrogens is 326 g/mol. The highest BCUT2D eigenvalue weighted by Crippen LogP contribution is 2.25. The maximum atomic E-state index is 8.67. The Morgan fingerprint density at radius 1 is 1.00 bits per heavy atom. The molecule has 5 heteroatoms. The third-order valence-electron chi connectivity index (χ3n) is 4.90. The first kappa shape index (κ1) is 23.0. The summed E-state index contributed by atoms with van der Waals surface area (Å²) < 4.78 is 11.4. The zero-order chi connectivity index (χ0) is 19.1. The average molecular weight is 366 g/mol. The Morgan fingerprint density at radius 3 is 2.15 bits per heavy atom. The van der Waals surface area contributed by atoms with Crippen LogP contribution in [-0.2, 0) is 9.47 Å². The Hall–Kier alpha value is -1.03. The van der Waals surface area contributed by atoms with Crippen molar-refractivity contribution in [3.05, 3.63) is 22.6 Å². The summed E-state index contributed by atoms with van der Waals surface area (Å²) in [6, 6.07) is -0.276. The lowest BCUT2D eigenvalue weighted by Crippen LogP contribution is -2.46. The lowest BCUT2D eigenvalue weighted by molar-refractivity contribution is -0.268. The fourth-order valence-corrected chi connectivity index (χ4v) is 3.31. The van der Waals surface area contributed by atoms with Crippen molar-refractivity contribution in [3.63, 3.8) is 0 Å². The van der Waals surface area contributed by atoms with E-state index < -0.39 is 5.79 Å². The number of azide groups is 1. The quantitative estimate of drug-likeness (QED) is 0.108. The van der Waals surface area contributed by atoms with Gasteiger partial charge in [-0.3, -0.25) is 0 Å². The molecule has 1 heterocycles. The van der Waals surface area contributed by atoms with E-state index in [4.69, 9.17) is 15.0 Å². The van der Waals surface area contributed by atoms with Crippen molar-refractivity contribution in [2.24, 2.45) is 5.11 Å². The van der Waals surface area contributed by atoms with Crippen molar-refractivity contribution in [2.75, 3.05) is 6.61 Å². The summed E-state index contributed by atoms with van der Waals surface area (Å²) in [6.45, 7) is 6.46. The van der Waals surface area contributed by atoms with Gasteiger partial charge in [0.25, 0.3) is 0 Å². The Kier molecular flexibility index (Phi) is 12.5. The maximum Gasteiger partial charge on any atom is 0.163 e. The zero-order valence-corrected chi connectivity index (χ0v) is 17.2. The van der Waals surface area contributed by atoms with Gasteiger partial charge in [0.15, 0.2) is 5.79 Å². The first-order chi connectivity index (χ1) is 12.6. The van der Waals surface area contributed by atoms with Gasteiger partial charge in [0.1, 0.15) is 0 Å². The minimum atomic E-state index is -0.618. The molecule has 0 aliphatic carbocycles. The highest BCUT2D eigenvalue weighted by molar-refractivity contribution is 4.99. The second-order valence-electron chi connectivity index (χ2n) is 7.82. The fraction of sp³-hybridized carbons (Fsp3) is 0.905. The molecule has 0 amide bonds. The third-order valence-corrected chi connectivity index (χ3v) is 4.90. The highest BCUT2D eigenvalue weighted by atomic mass is 16.7. The lowest BCUT2D eigenvalue weighted by Gasteiger charge is -2.38. The van der Waals surface area contributed by atoms with Gasteiger partial charge in [-0.05, 0) is 32.2 Å². The van der Waals surface area contributed by atoms with Crippen molar-refractivity contribution < 1.29 is 9.47 Å². The van der Waals surface area contributed by atoms with Crippen molar-refractivity contribution in [3.8, 4) is 0 Å². The van der Waals surface area contributed by atoms with Crippen LogP contribution in [0.3, 0.4) is 0 Å². The minimum Gasteiger partial charge on any atom is -0.350 e. The standard InChI is InChI=1S/C21H39N3O2/c1-4-5-6-7-8-9-10-11-12-13-14-15-16-17-20-19(23-24-22)18-25-21(2,3)26-20/h16-17,19-20H,4-15,18H2,1-3H3. The van der Waals surface area contributed by atoms with E-state index in [9.17, 15) is 0 Å². The Labute approximate surface area is 160 Å². The molecule has 1 rings (SSSR count). The topological polar surface area (TPSA) is 67.2 Å². The molecule has 0 spiro atoms. The summed E-state index contributed by atoms with van der Waals surface area (Å²) in [6.07, 6.45) is 20.1. The third kappa shape index (κ3) is 10.8. The molecule has 0 radical (unpaired) electrons. The maximum absolute atomic E-state index is 8.67. The smallest absolute Gasteiger partial charge is 0.163 e. The molecule has 1 saturated heterocycles. The molecule has 1 aliphatic rings. The van der Waals surface area contributed by atoms with Gasteiger partial charge < -0.3 is 9.47 Å². The molecular formula is C21H39N3O2. The van der Waals surface area contributed by atoms with Crippen LogP contribution in [-0.4, -0.2) is 24.5 Å². The SMILES string of the molecule is CCCCCCCCCCCCCC=CC1OC(C)(C)OCC1N=[N+]=[N-]. The van der Waals surface area contributed by atoms with Gasteiger partial charge in [-0.1, -0.05) is 88.4 Å². The molecule has 0 N–H and O–H groups in total. The van der Waals surface area contributed by atoms with Crippen molar-refractivity contribution >= 4 is 0 Å². The summed E-state index contributed by atoms with van der Waals surface area (Å²) in [4.78, 5) is 2.90. The van der Waals surface area contributed by atoms with E-state index in [1.165, 1.54) is 70.6 Å². The minimum absolute atomic E-state index is 0.192. The normalized spacial score (nSPS) is 22.4. The van der Waals surface area contributed by atoms with Gasteiger partial charge >= 0.3 is 0 Å². The Balaban J connectivity index is 2.06. The van der Waals surface area contributed by atoms with Gasteiger partial charge in [-0.15, -0.1) is 0 Å². The molecule has 0 bridgehead atoms. The van der Waals surface area contributed by atoms with Gasteiger partial charge in [0, 0.05) is 4.91 Å². The van der Waals surface area contributed by atoms with Crippen LogP contribution in [0.2, 0.25) is 0 Å². The zero-order valence-electron chi connectivity index (χ0n) is 17.2. The van der Waals surface area contributed by atoms with E-state index >= 15 is 0 Å². The molecule has 150 valence electrons. The first-order valence-electron chi connectivity index (χ1n) is 10.6. The highest BCUT2D eigenvalue weighted by Gasteiger charge is 2.34. The van der Waals surface area contributed by atoms with Gasteiger partial charge in [0.2, 0.25) is 0 Å². The molecule has 0 aromatic carbocycles. The Morgan fingerprint density at radius 2 is 1.58 bits per heavy atom. The monoisotopic (exact) mass is 365 g/mol.